The molecule has 5 nitrogen and oxygen atoms in total. The lowest BCUT2D eigenvalue weighted by Crippen LogP contribution is -2.49. The van der Waals surface area contributed by atoms with Gasteiger partial charge in [0.15, 0.2) is 5.54 Å². The summed E-state index contributed by atoms with van der Waals surface area (Å²) in [7, 11) is 0. The normalized spacial score (nSPS) is 22.3. The van der Waals surface area contributed by atoms with E-state index in [1.54, 1.807) is 0 Å². The van der Waals surface area contributed by atoms with E-state index in [1.807, 2.05) is 60.7 Å². The highest BCUT2D eigenvalue weighted by Crippen LogP contribution is 2.36. The average Bonchev–Trinajstić information content (AvgIpc) is 3.01. The number of nitrogens with zero attached hydrogens (tertiary/aromatic N) is 2. The van der Waals surface area contributed by atoms with E-state index in [4.69, 9.17) is 0 Å². The molecule has 146 valence electrons. The summed E-state index contributed by atoms with van der Waals surface area (Å²) in [5.41, 5.74) is 0.400. The predicted molar refractivity (Wildman–Crippen MR) is 109 cm³/mol. The van der Waals surface area contributed by atoms with Crippen molar-refractivity contribution < 1.29 is 9.59 Å². The molecule has 0 spiro atoms. The van der Waals surface area contributed by atoms with Gasteiger partial charge in [0.1, 0.15) is 0 Å². The van der Waals surface area contributed by atoms with Crippen LogP contribution < -0.4 is 5.32 Å². The molecule has 2 aromatic carbocycles. The van der Waals surface area contributed by atoms with Crippen LogP contribution in [0.15, 0.2) is 60.7 Å². The van der Waals surface area contributed by atoms with Crippen LogP contribution in [0.3, 0.4) is 0 Å². The molecule has 2 aliphatic rings. The van der Waals surface area contributed by atoms with E-state index >= 15 is 0 Å². The van der Waals surface area contributed by atoms with Gasteiger partial charge in [0.25, 0.3) is 5.91 Å². The summed E-state index contributed by atoms with van der Waals surface area (Å²) >= 11 is 0. The van der Waals surface area contributed by atoms with Crippen LogP contribution in [0, 0.1) is 0 Å². The first-order chi connectivity index (χ1) is 13.7. The second kappa shape index (κ2) is 7.76. The quantitative estimate of drug-likeness (QED) is 0.809. The molecule has 1 atom stereocenters. The molecule has 5 heteroatoms. The van der Waals surface area contributed by atoms with E-state index in [1.165, 1.54) is 11.3 Å². The Bertz CT molecular complexity index is 798. The lowest BCUT2D eigenvalue weighted by molar-refractivity contribution is -0.132. The molecular formula is C23H27N3O2. The summed E-state index contributed by atoms with van der Waals surface area (Å²) in [5.74, 6) is -0.199. The summed E-state index contributed by atoms with van der Waals surface area (Å²) in [6.07, 6.45) is 4.49. The number of hydrogen-bond donors (Lipinski definition) is 1. The molecular weight excluding hydrogens is 350 g/mol. The molecule has 0 bridgehead atoms. The number of rotatable bonds is 5. The van der Waals surface area contributed by atoms with Gasteiger partial charge in [0, 0.05) is 12.6 Å². The molecule has 28 heavy (non-hydrogen) atoms. The maximum Gasteiger partial charge on any atom is 0.326 e. The van der Waals surface area contributed by atoms with Crippen molar-refractivity contribution in [3.8, 4) is 0 Å². The van der Waals surface area contributed by atoms with E-state index in [9.17, 15) is 9.59 Å². The van der Waals surface area contributed by atoms with Gasteiger partial charge in [-0.1, -0.05) is 74.0 Å². The molecule has 4 rings (SSSR count). The molecule has 2 saturated heterocycles. The molecule has 0 unspecified atom stereocenters. The Morgan fingerprint density at radius 1 is 0.964 bits per heavy atom. The minimum Gasteiger partial charge on any atom is -0.315 e. The van der Waals surface area contributed by atoms with Gasteiger partial charge in [-0.25, -0.2) is 9.69 Å². The second-order valence-electron chi connectivity index (χ2n) is 7.66. The largest absolute Gasteiger partial charge is 0.326 e. The van der Waals surface area contributed by atoms with Crippen molar-refractivity contribution in [3.63, 3.8) is 0 Å². The number of carbonyl (C=O) groups is 2. The number of carbonyl (C=O) groups excluding carboxylic acids is 2. The van der Waals surface area contributed by atoms with Crippen LogP contribution in [0.1, 0.15) is 43.7 Å². The van der Waals surface area contributed by atoms with Crippen molar-refractivity contribution in [2.45, 2.75) is 44.2 Å². The number of urea groups is 1. The van der Waals surface area contributed by atoms with E-state index in [2.05, 4.69) is 17.1 Å². The summed E-state index contributed by atoms with van der Waals surface area (Å²) in [4.78, 5) is 30.4. The molecule has 2 fully saturated rings. The van der Waals surface area contributed by atoms with Crippen LogP contribution in [0.2, 0.25) is 0 Å². The Morgan fingerprint density at radius 3 is 2.14 bits per heavy atom. The highest BCUT2D eigenvalue weighted by atomic mass is 16.2. The average molecular weight is 377 g/mol. The third kappa shape index (κ3) is 3.10. The van der Waals surface area contributed by atoms with Gasteiger partial charge in [0.2, 0.25) is 0 Å². The van der Waals surface area contributed by atoms with Crippen molar-refractivity contribution in [1.29, 1.82) is 0 Å². The number of amides is 3. The number of hydrogen-bond acceptors (Lipinski definition) is 3. The Labute approximate surface area is 166 Å². The molecule has 3 amide bonds. The summed E-state index contributed by atoms with van der Waals surface area (Å²) in [6, 6.07) is 19.2. The fourth-order valence-electron chi connectivity index (χ4n) is 4.53. The van der Waals surface area contributed by atoms with Gasteiger partial charge in [-0.3, -0.25) is 9.69 Å². The topological polar surface area (TPSA) is 52.6 Å². The molecule has 0 radical (unpaired) electrons. The van der Waals surface area contributed by atoms with Crippen molar-refractivity contribution in [1.82, 2.24) is 15.1 Å². The van der Waals surface area contributed by atoms with Gasteiger partial charge >= 0.3 is 6.03 Å². The molecule has 2 aliphatic heterocycles. The van der Waals surface area contributed by atoms with Gasteiger partial charge in [-0.15, -0.1) is 0 Å². The van der Waals surface area contributed by atoms with Gasteiger partial charge < -0.3 is 5.32 Å². The van der Waals surface area contributed by atoms with Crippen LogP contribution in [-0.2, 0) is 10.3 Å². The van der Waals surface area contributed by atoms with Gasteiger partial charge in [0.05, 0.1) is 6.67 Å². The van der Waals surface area contributed by atoms with Crippen molar-refractivity contribution in [2.75, 3.05) is 13.2 Å². The predicted octanol–water partition coefficient (Wildman–Crippen LogP) is 3.70. The highest BCUT2D eigenvalue weighted by Gasteiger charge is 2.54. The van der Waals surface area contributed by atoms with Crippen LogP contribution in [-0.4, -0.2) is 41.0 Å². The van der Waals surface area contributed by atoms with Crippen LogP contribution >= 0.6 is 0 Å². The zero-order valence-electron chi connectivity index (χ0n) is 16.3. The summed E-state index contributed by atoms with van der Waals surface area (Å²) < 4.78 is 0. The van der Waals surface area contributed by atoms with E-state index < -0.39 is 5.54 Å². The SMILES string of the molecule is CC[C@H]1CCCCN1CN1C(=O)NC(c2ccccc2)(c2ccccc2)C1=O. The minimum absolute atomic E-state index is 0.199. The molecule has 0 aromatic heterocycles. The van der Waals surface area contributed by atoms with Crippen LogP contribution in [0.4, 0.5) is 4.79 Å². The lowest BCUT2D eigenvalue weighted by Gasteiger charge is -2.37. The Kier molecular flexibility index (Phi) is 5.18. The Morgan fingerprint density at radius 2 is 1.57 bits per heavy atom. The summed E-state index contributed by atoms with van der Waals surface area (Å²) in [6.45, 7) is 3.46. The number of piperidine rings is 1. The maximum atomic E-state index is 13.7. The Hall–Kier alpha value is -2.66. The van der Waals surface area contributed by atoms with Crippen LogP contribution in [0.5, 0.6) is 0 Å². The zero-order chi connectivity index (χ0) is 19.6. The standard InChI is InChI=1S/C23H27N3O2/c1-2-20-15-9-10-16-25(20)17-26-21(27)23(24-22(26)28,18-11-5-3-6-12-18)19-13-7-4-8-14-19/h3-8,11-14,20H,2,9-10,15-17H2,1H3,(H,24,28)/t20-/m0/s1. The minimum atomic E-state index is -1.17. The molecule has 1 N–H and O–H groups in total. The van der Waals surface area contributed by atoms with Crippen molar-refractivity contribution >= 4 is 11.9 Å². The molecule has 0 aliphatic carbocycles. The van der Waals surface area contributed by atoms with Crippen molar-refractivity contribution in [2.24, 2.45) is 0 Å². The van der Waals surface area contributed by atoms with E-state index in [0.717, 1.165) is 36.9 Å². The number of likely N-dealkylation sites (tertiary alicyclic amines) is 1. The first-order valence-corrected chi connectivity index (χ1v) is 10.2. The molecule has 2 aromatic rings. The highest BCUT2D eigenvalue weighted by molar-refractivity contribution is 6.09. The summed E-state index contributed by atoms with van der Waals surface area (Å²) in [5, 5.41) is 3.03. The number of imide groups is 1. The monoisotopic (exact) mass is 377 g/mol. The van der Waals surface area contributed by atoms with E-state index in [-0.39, 0.29) is 11.9 Å². The Balaban J connectivity index is 1.71. The molecule has 2 heterocycles. The second-order valence-corrected chi connectivity index (χ2v) is 7.66. The zero-order valence-corrected chi connectivity index (χ0v) is 16.3. The van der Waals surface area contributed by atoms with Crippen molar-refractivity contribution in [3.05, 3.63) is 71.8 Å². The third-order valence-corrected chi connectivity index (χ3v) is 6.06. The maximum absolute atomic E-state index is 13.7. The first kappa shape index (κ1) is 18.7. The smallest absolute Gasteiger partial charge is 0.315 e. The van der Waals surface area contributed by atoms with Crippen LogP contribution in [0.25, 0.3) is 0 Å². The fraction of sp³-hybridized carbons (Fsp3) is 0.391. The van der Waals surface area contributed by atoms with E-state index in [0.29, 0.717) is 12.7 Å². The lowest BCUT2D eigenvalue weighted by atomic mass is 9.83. The third-order valence-electron chi connectivity index (χ3n) is 6.06. The van der Waals surface area contributed by atoms with Gasteiger partial charge in [-0.05, 0) is 30.4 Å². The van der Waals surface area contributed by atoms with Gasteiger partial charge in [-0.2, -0.15) is 0 Å². The fourth-order valence-corrected chi connectivity index (χ4v) is 4.53. The first-order valence-electron chi connectivity index (χ1n) is 10.2. The number of benzene rings is 2. The molecule has 0 saturated carbocycles. The number of nitrogens with one attached hydrogen (secondary N) is 1.